The minimum Gasteiger partial charge on any atom is -0.497 e. The molecule has 1 aliphatic carbocycles. The first-order chi connectivity index (χ1) is 23.5. The molecule has 1 amide bonds. The molecule has 0 aromatic heterocycles. The molecule has 2 aromatic rings. The molecule has 3 atom stereocenters. The van der Waals surface area contributed by atoms with Crippen molar-refractivity contribution in [2.24, 2.45) is 5.92 Å². The summed E-state index contributed by atoms with van der Waals surface area (Å²) in [6, 6.07) is 12.0. The summed E-state index contributed by atoms with van der Waals surface area (Å²) in [4.78, 5) is 32.5. The number of amides is 1. The molecule has 3 aliphatic heterocycles. The van der Waals surface area contributed by atoms with Gasteiger partial charge in [0.2, 0.25) is 0 Å². The summed E-state index contributed by atoms with van der Waals surface area (Å²) >= 11 is 0. The molecule has 0 radical (unpaired) electrons. The standard InChI is InChI=1S/C37H48F3N3O6/c1-47-29-9-4-24(5-10-29)32-22-43(28-7-11-30(48-2)12-8-28)23-36(32,49-3)35(46)42-19-16-26(21-42)31-13-6-27(37(38,39)40)20-33(31)41-17-14-25(15-18-41)34(44)45/h4-6,9-10,13,20,25-26,28,30,32H,7-8,11-12,14-19,21-23H2,1-3H3,(H,44,45)/t26-,28-,30-,32+,36+/m1/s1. The first kappa shape index (κ1) is 35.5. The number of methoxy groups -OCH3 is 3. The van der Waals surface area contributed by atoms with Gasteiger partial charge in [0.05, 0.1) is 24.7 Å². The third kappa shape index (κ3) is 7.14. The summed E-state index contributed by atoms with van der Waals surface area (Å²) in [7, 11) is 4.99. The molecule has 2 aromatic carbocycles. The largest absolute Gasteiger partial charge is 0.497 e. The molecule has 4 fully saturated rings. The van der Waals surface area contributed by atoms with E-state index in [1.54, 1.807) is 27.4 Å². The number of rotatable bonds is 9. The molecule has 3 heterocycles. The van der Waals surface area contributed by atoms with Crippen molar-refractivity contribution in [3.05, 3.63) is 59.2 Å². The second-order valence-corrected chi connectivity index (χ2v) is 14.1. The zero-order valence-corrected chi connectivity index (χ0v) is 28.6. The number of ether oxygens (including phenoxy) is 3. The smallest absolute Gasteiger partial charge is 0.416 e. The van der Waals surface area contributed by atoms with Crippen LogP contribution in [0.25, 0.3) is 0 Å². The van der Waals surface area contributed by atoms with E-state index >= 15 is 0 Å². The van der Waals surface area contributed by atoms with E-state index in [4.69, 9.17) is 14.2 Å². The zero-order chi connectivity index (χ0) is 34.9. The Balaban J connectivity index is 1.26. The van der Waals surface area contributed by atoms with E-state index in [1.165, 1.54) is 6.07 Å². The van der Waals surface area contributed by atoms with Crippen molar-refractivity contribution in [1.82, 2.24) is 9.80 Å². The summed E-state index contributed by atoms with van der Waals surface area (Å²) in [6.07, 6.45) is 0.981. The van der Waals surface area contributed by atoms with E-state index in [0.717, 1.165) is 48.6 Å². The van der Waals surface area contributed by atoms with Crippen LogP contribution in [0.1, 0.15) is 73.5 Å². The van der Waals surface area contributed by atoms with Gasteiger partial charge < -0.3 is 29.1 Å². The van der Waals surface area contributed by atoms with Gasteiger partial charge in [-0.1, -0.05) is 18.2 Å². The topological polar surface area (TPSA) is 91.8 Å². The lowest BCUT2D eigenvalue weighted by Crippen LogP contribution is -2.54. The monoisotopic (exact) mass is 687 g/mol. The minimum absolute atomic E-state index is 0.0953. The van der Waals surface area contributed by atoms with Crippen molar-refractivity contribution in [3.63, 3.8) is 0 Å². The van der Waals surface area contributed by atoms with Crippen molar-refractivity contribution < 1.29 is 42.1 Å². The van der Waals surface area contributed by atoms with E-state index in [0.29, 0.717) is 70.3 Å². The van der Waals surface area contributed by atoms with Crippen molar-refractivity contribution in [2.45, 2.75) is 80.7 Å². The summed E-state index contributed by atoms with van der Waals surface area (Å²) < 4.78 is 59.0. The number of alkyl halides is 3. The average Bonchev–Trinajstić information content (AvgIpc) is 3.77. The molecule has 268 valence electrons. The van der Waals surface area contributed by atoms with Crippen LogP contribution in [0.3, 0.4) is 0 Å². The first-order valence-electron chi connectivity index (χ1n) is 17.4. The summed E-state index contributed by atoms with van der Waals surface area (Å²) in [5, 5.41) is 9.48. The number of piperidine rings is 1. The molecular formula is C37H48F3N3O6. The van der Waals surface area contributed by atoms with Gasteiger partial charge in [-0.3, -0.25) is 14.5 Å². The van der Waals surface area contributed by atoms with Crippen LogP contribution in [0.2, 0.25) is 0 Å². The molecule has 12 heteroatoms. The van der Waals surface area contributed by atoms with Gasteiger partial charge in [0.1, 0.15) is 5.75 Å². The fraction of sp³-hybridized carbons (Fsp3) is 0.622. The van der Waals surface area contributed by atoms with E-state index in [1.807, 2.05) is 34.1 Å². The Labute approximate surface area is 286 Å². The Kier molecular flexibility index (Phi) is 10.5. The molecule has 49 heavy (non-hydrogen) atoms. The Bertz CT molecular complexity index is 1470. The second-order valence-electron chi connectivity index (χ2n) is 14.1. The quantitative estimate of drug-likeness (QED) is 0.356. The van der Waals surface area contributed by atoms with Crippen molar-refractivity contribution in [3.8, 4) is 5.75 Å². The maximum atomic E-state index is 14.8. The second kappa shape index (κ2) is 14.5. The summed E-state index contributed by atoms with van der Waals surface area (Å²) in [6.45, 7) is 2.66. The van der Waals surface area contributed by atoms with E-state index < -0.39 is 29.2 Å². The number of hydrogen-bond acceptors (Lipinski definition) is 7. The number of carbonyl (C=O) groups is 2. The summed E-state index contributed by atoms with van der Waals surface area (Å²) in [5.74, 6) is -1.15. The van der Waals surface area contributed by atoms with Crippen LogP contribution in [-0.4, -0.2) is 105 Å². The molecule has 0 bridgehead atoms. The van der Waals surface area contributed by atoms with Gasteiger partial charge in [0, 0.05) is 77.1 Å². The molecule has 1 N–H and O–H groups in total. The van der Waals surface area contributed by atoms with Gasteiger partial charge in [-0.2, -0.15) is 13.2 Å². The van der Waals surface area contributed by atoms with E-state index in [2.05, 4.69) is 4.90 Å². The number of halogens is 3. The van der Waals surface area contributed by atoms with Gasteiger partial charge >= 0.3 is 12.1 Å². The lowest BCUT2D eigenvalue weighted by Gasteiger charge is -2.37. The third-order valence-electron chi connectivity index (χ3n) is 11.6. The van der Waals surface area contributed by atoms with Crippen molar-refractivity contribution in [1.29, 1.82) is 0 Å². The Morgan fingerprint density at radius 2 is 1.57 bits per heavy atom. The highest BCUT2D eigenvalue weighted by Gasteiger charge is 2.56. The number of likely N-dealkylation sites (tertiary alicyclic amines) is 2. The predicted octanol–water partition coefficient (Wildman–Crippen LogP) is 5.77. The van der Waals surface area contributed by atoms with Crippen LogP contribution in [0.5, 0.6) is 5.75 Å². The molecule has 4 aliphatic rings. The predicted molar refractivity (Wildman–Crippen MR) is 178 cm³/mol. The molecule has 1 saturated carbocycles. The van der Waals surface area contributed by atoms with Crippen LogP contribution < -0.4 is 9.64 Å². The SMILES string of the molecule is COc1ccc([C@@H]2CN([C@H]3CC[C@H](OC)CC3)C[C@@]2(OC)C(=O)N2CC[C@@H](c3ccc(C(F)(F)F)cc3N3CCC(C(=O)O)CC3)C2)cc1. The molecule has 0 spiro atoms. The number of hydrogen-bond donors (Lipinski definition) is 1. The van der Waals surface area contributed by atoms with Crippen LogP contribution >= 0.6 is 0 Å². The Morgan fingerprint density at radius 1 is 0.878 bits per heavy atom. The zero-order valence-electron chi connectivity index (χ0n) is 28.6. The Hall–Kier alpha value is -3.35. The van der Waals surface area contributed by atoms with E-state index in [9.17, 15) is 27.9 Å². The maximum Gasteiger partial charge on any atom is 0.416 e. The van der Waals surface area contributed by atoms with Crippen LogP contribution in [-0.2, 0) is 25.2 Å². The molecule has 3 saturated heterocycles. The van der Waals surface area contributed by atoms with Gasteiger partial charge in [-0.15, -0.1) is 0 Å². The number of nitrogens with zero attached hydrogens (tertiary/aromatic N) is 3. The molecular weight excluding hydrogens is 639 g/mol. The van der Waals surface area contributed by atoms with Crippen LogP contribution in [0.15, 0.2) is 42.5 Å². The maximum absolute atomic E-state index is 14.8. The highest BCUT2D eigenvalue weighted by Crippen LogP contribution is 2.45. The third-order valence-corrected chi connectivity index (χ3v) is 11.6. The number of anilines is 1. The molecule has 6 rings (SSSR count). The van der Waals surface area contributed by atoms with Crippen LogP contribution in [0, 0.1) is 5.92 Å². The number of carboxylic acid groups (broad SMARTS) is 1. The number of benzene rings is 2. The van der Waals surface area contributed by atoms with E-state index in [-0.39, 0.29) is 23.8 Å². The fourth-order valence-electron chi connectivity index (χ4n) is 8.68. The van der Waals surface area contributed by atoms with Gasteiger partial charge in [0.25, 0.3) is 5.91 Å². The highest BCUT2D eigenvalue weighted by molar-refractivity contribution is 5.88. The number of carboxylic acids is 1. The van der Waals surface area contributed by atoms with Gasteiger partial charge in [-0.05, 0) is 80.3 Å². The van der Waals surface area contributed by atoms with Crippen molar-refractivity contribution in [2.75, 3.05) is 65.5 Å². The molecule has 9 nitrogen and oxygen atoms in total. The average molecular weight is 688 g/mol. The number of aliphatic carboxylic acids is 1. The normalized spacial score (nSPS) is 28.6. The van der Waals surface area contributed by atoms with Gasteiger partial charge in [-0.25, -0.2) is 0 Å². The summed E-state index contributed by atoms with van der Waals surface area (Å²) in [5.41, 5.74) is 0.370. The first-order valence-corrected chi connectivity index (χ1v) is 17.4. The number of carbonyl (C=O) groups excluding carboxylic acids is 1. The Morgan fingerprint density at radius 3 is 2.16 bits per heavy atom. The minimum atomic E-state index is -4.51. The van der Waals surface area contributed by atoms with Gasteiger partial charge in [0.15, 0.2) is 5.60 Å². The van der Waals surface area contributed by atoms with Crippen molar-refractivity contribution >= 4 is 17.6 Å². The lowest BCUT2D eigenvalue weighted by molar-refractivity contribution is -0.154. The molecule has 0 unspecified atom stereocenters. The fourth-order valence-corrected chi connectivity index (χ4v) is 8.68. The van der Waals surface area contributed by atoms with Crippen LogP contribution in [0.4, 0.5) is 18.9 Å². The lowest BCUT2D eigenvalue weighted by atomic mass is 9.83. The highest BCUT2D eigenvalue weighted by atomic mass is 19.4.